The Bertz CT molecular complexity index is 587. The van der Waals surface area contributed by atoms with E-state index in [1.54, 1.807) is 0 Å². The second-order valence-corrected chi connectivity index (χ2v) is 3.07. The van der Waals surface area contributed by atoms with E-state index in [9.17, 15) is 9.59 Å². The number of primary amides is 1. The molecule has 2 rings (SSSR count). The van der Waals surface area contributed by atoms with E-state index in [0.717, 1.165) is 0 Å². The number of amides is 1. The maximum absolute atomic E-state index is 10.9. The normalized spacial score (nSPS) is 10.5. The number of rotatable bonds is 1. The lowest BCUT2D eigenvalue weighted by Gasteiger charge is -1.99. The first-order valence-electron chi connectivity index (χ1n) is 3.82. The molecule has 0 aliphatic heterocycles. The van der Waals surface area contributed by atoms with E-state index in [1.807, 2.05) is 0 Å². The molecule has 0 radical (unpaired) electrons. The van der Waals surface area contributed by atoms with Crippen LogP contribution in [0.1, 0.15) is 0 Å². The van der Waals surface area contributed by atoms with Crippen LogP contribution in [-0.2, 0) is 0 Å². The van der Waals surface area contributed by atoms with E-state index < -0.39 is 11.8 Å². The van der Waals surface area contributed by atoms with Gasteiger partial charge >= 0.3 is 11.8 Å². The average molecular weight is 229 g/mol. The van der Waals surface area contributed by atoms with Crippen LogP contribution in [0.15, 0.2) is 10.9 Å². The molecule has 0 aliphatic carbocycles. The number of hydrogen-bond acceptors (Lipinski definition) is 4. The average Bonchev–Trinajstić information content (AvgIpc) is 2.44. The number of aromatic amines is 2. The SMILES string of the molecule is NC(=O)Oc1cc(Cl)c2[nH]c(=O)[nH]c2n1. The van der Waals surface area contributed by atoms with E-state index in [0.29, 0.717) is 5.52 Å². The number of carbonyl (C=O) groups excluding carboxylic acids is 1. The van der Waals surface area contributed by atoms with E-state index in [1.165, 1.54) is 6.07 Å². The van der Waals surface area contributed by atoms with Crippen LogP contribution in [0.5, 0.6) is 5.88 Å². The number of nitrogens with one attached hydrogen (secondary N) is 2. The molecule has 0 saturated heterocycles. The summed E-state index contributed by atoms with van der Waals surface area (Å²) >= 11 is 5.80. The first-order valence-corrected chi connectivity index (χ1v) is 4.20. The second kappa shape index (κ2) is 3.28. The van der Waals surface area contributed by atoms with Crippen molar-refractivity contribution in [2.24, 2.45) is 5.73 Å². The number of H-pyrrole nitrogens is 2. The Morgan fingerprint density at radius 3 is 2.93 bits per heavy atom. The zero-order valence-corrected chi connectivity index (χ0v) is 7.96. The highest BCUT2D eigenvalue weighted by molar-refractivity contribution is 6.34. The van der Waals surface area contributed by atoms with Crippen LogP contribution < -0.4 is 16.2 Å². The largest absolute Gasteiger partial charge is 0.411 e. The number of ether oxygens (including phenoxy) is 1. The number of nitrogens with zero attached hydrogens (tertiary/aromatic N) is 1. The molecular weight excluding hydrogens is 224 g/mol. The highest BCUT2D eigenvalue weighted by Crippen LogP contribution is 2.22. The molecule has 0 aliphatic rings. The summed E-state index contributed by atoms with van der Waals surface area (Å²) in [6.07, 6.45) is -1.00. The maximum atomic E-state index is 10.9. The number of pyridine rings is 1. The van der Waals surface area contributed by atoms with Gasteiger partial charge in [0.25, 0.3) is 0 Å². The molecule has 7 nitrogen and oxygen atoms in total. The molecule has 0 atom stereocenters. The Balaban J connectivity index is 2.61. The summed E-state index contributed by atoms with van der Waals surface area (Å²) < 4.78 is 4.52. The van der Waals surface area contributed by atoms with Gasteiger partial charge in [0.2, 0.25) is 5.88 Å². The van der Waals surface area contributed by atoms with Crippen molar-refractivity contribution < 1.29 is 9.53 Å². The first-order chi connectivity index (χ1) is 7.06. The topological polar surface area (TPSA) is 114 Å². The van der Waals surface area contributed by atoms with Crippen molar-refractivity contribution in [2.75, 3.05) is 0 Å². The van der Waals surface area contributed by atoms with Gasteiger partial charge in [0.1, 0.15) is 5.52 Å². The molecule has 4 N–H and O–H groups in total. The zero-order chi connectivity index (χ0) is 11.0. The van der Waals surface area contributed by atoms with E-state index in [4.69, 9.17) is 17.3 Å². The molecule has 0 spiro atoms. The van der Waals surface area contributed by atoms with Crippen LogP contribution in [-0.4, -0.2) is 21.0 Å². The Morgan fingerprint density at radius 2 is 2.27 bits per heavy atom. The van der Waals surface area contributed by atoms with Crippen LogP contribution >= 0.6 is 11.6 Å². The quantitative estimate of drug-likeness (QED) is 0.654. The molecular formula is C7H5ClN4O3. The van der Waals surface area contributed by atoms with Gasteiger partial charge in [0.15, 0.2) is 5.65 Å². The molecule has 2 aromatic rings. The number of nitrogens with two attached hydrogens (primary N) is 1. The van der Waals surface area contributed by atoms with Gasteiger partial charge in [-0.1, -0.05) is 11.6 Å². The lowest BCUT2D eigenvalue weighted by atomic mass is 10.4. The lowest BCUT2D eigenvalue weighted by molar-refractivity contribution is 0.209. The summed E-state index contributed by atoms with van der Waals surface area (Å²) in [5.74, 6) is -0.0738. The van der Waals surface area contributed by atoms with Crippen LogP contribution in [0.3, 0.4) is 0 Å². The van der Waals surface area contributed by atoms with Crippen molar-refractivity contribution >= 4 is 28.9 Å². The maximum Gasteiger partial charge on any atom is 0.411 e. The number of aromatic nitrogens is 3. The van der Waals surface area contributed by atoms with Crippen molar-refractivity contribution in [3.63, 3.8) is 0 Å². The van der Waals surface area contributed by atoms with Gasteiger partial charge in [0, 0.05) is 6.07 Å². The van der Waals surface area contributed by atoms with Gasteiger partial charge in [0.05, 0.1) is 5.02 Å². The number of fused-ring (bicyclic) bond motifs is 1. The monoisotopic (exact) mass is 228 g/mol. The number of halogens is 1. The molecule has 2 aromatic heterocycles. The predicted octanol–water partition coefficient (Wildman–Crippen LogP) is 0.362. The van der Waals surface area contributed by atoms with Crippen molar-refractivity contribution in [3.05, 3.63) is 21.6 Å². The summed E-state index contributed by atoms with van der Waals surface area (Å²) in [7, 11) is 0. The summed E-state index contributed by atoms with van der Waals surface area (Å²) in [5.41, 5.74) is 4.90. The molecule has 0 saturated carbocycles. The molecule has 1 amide bonds. The third-order valence-electron chi connectivity index (χ3n) is 1.62. The number of imidazole rings is 1. The number of hydrogen-bond donors (Lipinski definition) is 3. The summed E-state index contributed by atoms with van der Waals surface area (Å²) in [6.45, 7) is 0. The molecule has 0 aromatic carbocycles. The lowest BCUT2D eigenvalue weighted by Crippen LogP contribution is -2.16. The second-order valence-electron chi connectivity index (χ2n) is 2.67. The fraction of sp³-hybridized carbons (Fsp3) is 0. The fourth-order valence-corrected chi connectivity index (χ4v) is 1.34. The van der Waals surface area contributed by atoms with E-state index in [2.05, 4.69) is 19.7 Å². The third-order valence-corrected chi connectivity index (χ3v) is 1.92. The van der Waals surface area contributed by atoms with Gasteiger partial charge in [-0.3, -0.25) is 4.98 Å². The van der Waals surface area contributed by atoms with Crippen LogP contribution in [0.4, 0.5) is 4.79 Å². The van der Waals surface area contributed by atoms with Crippen molar-refractivity contribution in [1.82, 2.24) is 15.0 Å². The van der Waals surface area contributed by atoms with Crippen molar-refractivity contribution in [3.8, 4) is 5.88 Å². The van der Waals surface area contributed by atoms with Gasteiger partial charge < -0.3 is 15.5 Å². The molecule has 2 heterocycles. The minimum atomic E-state index is -1.00. The van der Waals surface area contributed by atoms with E-state index >= 15 is 0 Å². The molecule has 0 bridgehead atoms. The Morgan fingerprint density at radius 1 is 1.53 bits per heavy atom. The van der Waals surface area contributed by atoms with Crippen LogP contribution in [0, 0.1) is 0 Å². The molecule has 15 heavy (non-hydrogen) atoms. The smallest absolute Gasteiger partial charge is 0.391 e. The molecule has 78 valence electrons. The van der Waals surface area contributed by atoms with Crippen molar-refractivity contribution in [2.45, 2.75) is 0 Å². The Hall–Kier alpha value is -2.02. The first kappa shape index (κ1) is 9.53. The number of carbonyl (C=O) groups is 1. The zero-order valence-electron chi connectivity index (χ0n) is 7.20. The minimum Gasteiger partial charge on any atom is -0.391 e. The summed E-state index contributed by atoms with van der Waals surface area (Å²) in [5, 5.41) is 0.203. The molecule has 8 heteroatoms. The van der Waals surface area contributed by atoms with Gasteiger partial charge in [-0.05, 0) is 0 Å². The predicted molar refractivity (Wildman–Crippen MR) is 51.9 cm³/mol. The van der Waals surface area contributed by atoms with Crippen molar-refractivity contribution in [1.29, 1.82) is 0 Å². The van der Waals surface area contributed by atoms with Gasteiger partial charge in [-0.25, -0.2) is 9.59 Å². The van der Waals surface area contributed by atoms with Gasteiger partial charge in [-0.2, -0.15) is 4.98 Å². The Labute approximate surface area is 87.2 Å². The third kappa shape index (κ3) is 1.77. The standard InChI is InChI=1S/C7H5ClN4O3/c8-2-1-3(15-6(9)13)10-5-4(2)11-7(14)12-5/h1H,(H2,9,13)(H2,10,11,12,14). The van der Waals surface area contributed by atoms with Crippen LogP contribution in [0.2, 0.25) is 5.02 Å². The van der Waals surface area contributed by atoms with Gasteiger partial charge in [-0.15, -0.1) is 0 Å². The molecule has 0 fully saturated rings. The van der Waals surface area contributed by atoms with Crippen LogP contribution in [0.25, 0.3) is 11.2 Å². The highest BCUT2D eigenvalue weighted by Gasteiger charge is 2.09. The molecule has 0 unspecified atom stereocenters. The summed E-state index contributed by atoms with van der Waals surface area (Å²) in [4.78, 5) is 30.0. The summed E-state index contributed by atoms with van der Waals surface area (Å²) in [6, 6.07) is 1.28. The minimum absolute atomic E-state index is 0.0738. The Kier molecular flexibility index (Phi) is 2.09. The van der Waals surface area contributed by atoms with E-state index in [-0.39, 0.29) is 16.5 Å². The fourth-order valence-electron chi connectivity index (χ4n) is 1.11. The highest BCUT2D eigenvalue weighted by atomic mass is 35.5.